The lowest BCUT2D eigenvalue weighted by Crippen LogP contribution is -2.22. The Morgan fingerprint density at radius 1 is 1.12 bits per heavy atom. The van der Waals surface area contributed by atoms with Crippen molar-refractivity contribution in [1.82, 2.24) is 0 Å². The molecule has 1 aliphatic carbocycles. The molecule has 1 nitrogen and oxygen atoms in total. The van der Waals surface area contributed by atoms with Gasteiger partial charge in [0.15, 0.2) is 0 Å². The summed E-state index contributed by atoms with van der Waals surface area (Å²) in [7, 11) is 0. The number of hydrogen-bond acceptors (Lipinski definition) is 1. The molecule has 2 atom stereocenters. The highest BCUT2D eigenvalue weighted by Crippen LogP contribution is 2.37. The molecular weight excluding hydrogens is 220 g/mol. The van der Waals surface area contributed by atoms with Crippen LogP contribution in [0.1, 0.15) is 43.6 Å². The maximum absolute atomic E-state index is 13.8. The first-order valence-electron chi connectivity index (χ1n) is 6.37. The van der Waals surface area contributed by atoms with Gasteiger partial charge in [-0.3, -0.25) is 0 Å². The third kappa shape index (κ3) is 2.83. The molecule has 0 aromatic heterocycles. The van der Waals surface area contributed by atoms with Crippen LogP contribution in [0.15, 0.2) is 18.2 Å². The van der Waals surface area contributed by atoms with Crippen molar-refractivity contribution in [3.8, 4) is 0 Å². The van der Waals surface area contributed by atoms with Crippen molar-refractivity contribution in [1.29, 1.82) is 0 Å². The first-order chi connectivity index (χ1) is 8.22. The Hall–Kier alpha value is -0.960. The SMILES string of the molecule is NCC1CCCCCC1c1cc(F)ccc1F. The van der Waals surface area contributed by atoms with E-state index in [1.165, 1.54) is 24.6 Å². The van der Waals surface area contributed by atoms with Crippen LogP contribution in [0.5, 0.6) is 0 Å². The zero-order valence-corrected chi connectivity index (χ0v) is 9.96. The van der Waals surface area contributed by atoms with Crippen LogP contribution in [0.4, 0.5) is 8.78 Å². The van der Waals surface area contributed by atoms with E-state index in [1.807, 2.05) is 0 Å². The fourth-order valence-electron chi connectivity index (χ4n) is 2.87. The van der Waals surface area contributed by atoms with Gasteiger partial charge in [-0.05, 0) is 55.0 Å². The van der Waals surface area contributed by atoms with Gasteiger partial charge in [0.25, 0.3) is 0 Å². The molecule has 0 saturated heterocycles. The summed E-state index contributed by atoms with van der Waals surface area (Å²) in [6.45, 7) is 0.556. The molecule has 0 aliphatic heterocycles. The maximum Gasteiger partial charge on any atom is 0.126 e. The standard InChI is InChI=1S/C14H19F2N/c15-11-6-7-14(16)13(8-11)12-5-3-1-2-4-10(12)9-17/h6-8,10,12H,1-5,9,17H2. The van der Waals surface area contributed by atoms with Crippen molar-refractivity contribution < 1.29 is 8.78 Å². The predicted octanol–water partition coefficient (Wildman–Crippen LogP) is 3.59. The van der Waals surface area contributed by atoms with Crippen LogP contribution in [0, 0.1) is 17.6 Å². The van der Waals surface area contributed by atoms with Gasteiger partial charge in [0.1, 0.15) is 11.6 Å². The summed E-state index contributed by atoms with van der Waals surface area (Å²) in [5.74, 6) is -0.287. The van der Waals surface area contributed by atoms with Gasteiger partial charge in [-0.15, -0.1) is 0 Å². The fourth-order valence-corrected chi connectivity index (χ4v) is 2.87. The molecule has 1 saturated carbocycles. The highest BCUT2D eigenvalue weighted by molar-refractivity contribution is 5.24. The molecular formula is C14H19F2N. The van der Waals surface area contributed by atoms with E-state index in [-0.39, 0.29) is 23.5 Å². The van der Waals surface area contributed by atoms with Crippen LogP contribution < -0.4 is 5.73 Å². The second-order valence-corrected chi connectivity index (χ2v) is 4.91. The highest BCUT2D eigenvalue weighted by atomic mass is 19.1. The minimum atomic E-state index is -0.360. The lowest BCUT2D eigenvalue weighted by Gasteiger charge is -2.24. The first kappa shape index (κ1) is 12.5. The highest BCUT2D eigenvalue weighted by Gasteiger charge is 2.26. The van der Waals surface area contributed by atoms with Crippen molar-refractivity contribution in [2.24, 2.45) is 11.7 Å². The summed E-state index contributed by atoms with van der Waals surface area (Å²) < 4.78 is 27.0. The van der Waals surface area contributed by atoms with E-state index in [0.29, 0.717) is 12.1 Å². The molecule has 94 valence electrons. The molecule has 1 fully saturated rings. The largest absolute Gasteiger partial charge is 0.330 e. The van der Waals surface area contributed by atoms with Gasteiger partial charge in [-0.25, -0.2) is 8.78 Å². The minimum absolute atomic E-state index is 0.0817. The van der Waals surface area contributed by atoms with Crippen LogP contribution in [0.2, 0.25) is 0 Å². The van der Waals surface area contributed by atoms with Gasteiger partial charge in [0, 0.05) is 0 Å². The number of rotatable bonds is 2. The predicted molar refractivity (Wildman–Crippen MR) is 64.7 cm³/mol. The minimum Gasteiger partial charge on any atom is -0.330 e. The normalized spacial score (nSPS) is 25.6. The van der Waals surface area contributed by atoms with E-state index >= 15 is 0 Å². The number of halogens is 2. The summed E-state index contributed by atoms with van der Waals surface area (Å²) in [5, 5.41) is 0. The van der Waals surface area contributed by atoms with E-state index in [4.69, 9.17) is 5.73 Å². The van der Waals surface area contributed by atoms with Crippen LogP contribution in [0.3, 0.4) is 0 Å². The Morgan fingerprint density at radius 3 is 2.65 bits per heavy atom. The molecule has 0 heterocycles. The van der Waals surface area contributed by atoms with Gasteiger partial charge < -0.3 is 5.73 Å². The summed E-state index contributed by atoms with van der Waals surface area (Å²) in [5.41, 5.74) is 6.29. The summed E-state index contributed by atoms with van der Waals surface area (Å²) in [4.78, 5) is 0. The van der Waals surface area contributed by atoms with Crippen LogP contribution in [-0.2, 0) is 0 Å². The number of benzene rings is 1. The molecule has 1 aliphatic rings. The monoisotopic (exact) mass is 239 g/mol. The number of hydrogen-bond donors (Lipinski definition) is 1. The average Bonchev–Trinajstić information content (AvgIpc) is 2.57. The molecule has 1 aromatic rings. The molecule has 0 bridgehead atoms. The third-order valence-corrected chi connectivity index (χ3v) is 3.82. The van der Waals surface area contributed by atoms with Crippen LogP contribution in [0.25, 0.3) is 0 Å². The smallest absolute Gasteiger partial charge is 0.126 e. The van der Waals surface area contributed by atoms with E-state index in [1.54, 1.807) is 0 Å². The zero-order chi connectivity index (χ0) is 12.3. The van der Waals surface area contributed by atoms with Crippen molar-refractivity contribution in [3.63, 3.8) is 0 Å². The maximum atomic E-state index is 13.8. The summed E-state index contributed by atoms with van der Waals surface area (Å²) >= 11 is 0. The molecule has 2 N–H and O–H groups in total. The number of nitrogens with two attached hydrogens (primary N) is 1. The van der Waals surface area contributed by atoms with Crippen LogP contribution >= 0.6 is 0 Å². The zero-order valence-electron chi connectivity index (χ0n) is 9.96. The lowest BCUT2D eigenvalue weighted by molar-refractivity contribution is 0.394. The van der Waals surface area contributed by atoms with Gasteiger partial charge in [-0.1, -0.05) is 19.3 Å². The van der Waals surface area contributed by atoms with Gasteiger partial charge in [0.2, 0.25) is 0 Å². The van der Waals surface area contributed by atoms with E-state index in [9.17, 15) is 8.78 Å². The quantitative estimate of drug-likeness (QED) is 0.784. The Balaban J connectivity index is 2.31. The topological polar surface area (TPSA) is 26.0 Å². The third-order valence-electron chi connectivity index (χ3n) is 3.82. The summed E-state index contributed by atoms with van der Waals surface area (Å²) in [6.07, 6.45) is 5.34. The second kappa shape index (κ2) is 5.58. The summed E-state index contributed by atoms with van der Waals surface area (Å²) in [6, 6.07) is 3.74. The molecule has 0 amide bonds. The lowest BCUT2D eigenvalue weighted by atomic mass is 9.82. The van der Waals surface area contributed by atoms with E-state index in [2.05, 4.69) is 0 Å². The van der Waals surface area contributed by atoms with Crippen molar-refractivity contribution in [3.05, 3.63) is 35.4 Å². The molecule has 2 rings (SSSR count). The molecule has 3 heteroatoms. The molecule has 0 spiro atoms. The van der Waals surface area contributed by atoms with Crippen molar-refractivity contribution in [2.75, 3.05) is 6.54 Å². The first-order valence-corrected chi connectivity index (χ1v) is 6.37. The Labute approximate surface area is 101 Å². The van der Waals surface area contributed by atoms with Crippen molar-refractivity contribution >= 4 is 0 Å². The van der Waals surface area contributed by atoms with Gasteiger partial charge in [-0.2, -0.15) is 0 Å². The van der Waals surface area contributed by atoms with E-state index < -0.39 is 0 Å². The van der Waals surface area contributed by atoms with Gasteiger partial charge >= 0.3 is 0 Å². The van der Waals surface area contributed by atoms with E-state index in [0.717, 1.165) is 25.7 Å². The molecule has 0 radical (unpaired) electrons. The van der Waals surface area contributed by atoms with Gasteiger partial charge in [0.05, 0.1) is 0 Å². The Bertz CT molecular complexity index is 378. The van der Waals surface area contributed by atoms with Crippen molar-refractivity contribution in [2.45, 2.75) is 38.0 Å². The molecule has 1 aromatic carbocycles. The average molecular weight is 239 g/mol. The fraction of sp³-hybridized carbons (Fsp3) is 0.571. The molecule has 17 heavy (non-hydrogen) atoms. The van der Waals surface area contributed by atoms with Crippen LogP contribution in [-0.4, -0.2) is 6.54 Å². The second-order valence-electron chi connectivity index (χ2n) is 4.91. The Morgan fingerprint density at radius 2 is 1.88 bits per heavy atom. The Kier molecular flexibility index (Phi) is 4.11. The molecule has 2 unspecified atom stereocenters.